The molecule has 0 aromatic heterocycles. The van der Waals surface area contributed by atoms with Crippen molar-refractivity contribution >= 4 is 11.9 Å². The van der Waals surface area contributed by atoms with Crippen molar-refractivity contribution in [3.8, 4) is 5.75 Å². The Hall–Kier alpha value is -2.28. The van der Waals surface area contributed by atoms with Crippen molar-refractivity contribution < 1.29 is 14.3 Å². The Bertz CT molecular complexity index is 664. The van der Waals surface area contributed by atoms with Crippen molar-refractivity contribution in [1.82, 2.24) is 20.0 Å². The van der Waals surface area contributed by atoms with Crippen LogP contribution in [0, 0.1) is 0 Å². The van der Waals surface area contributed by atoms with Crippen molar-refractivity contribution in [2.45, 2.75) is 38.8 Å². The van der Waals surface area contributed by atoms with E-state index in [-0.39, 0.29) is 18.0 Å². The van der Waals surface area contributed by atoms with E-state index in [1.807, 2.05) is 28.9 Å². The van der Waals surface area contributed by atoms with Crippen molar-refractivity contribution in [1.29, 1.82) is 0 Å². The van der Waals surface area contributed by atoms with Gasteiger partial charge in [-0.25, -0.2) is 4.79 Å². The molecule has 7 nitrogen and oxygen atoms in total. The number of benzene rings is 1. The Labute approximate surface area is 167 Å². The molecule has 0 aliphatic carbocycles. The normalized spacial score (nSPS) is 20.7. The Morgan fingerprint density at radius 1 is 1.07 bits per heavy atom. The average Bonchev–Trinajstić information content (AvgIpc) is 3.05. The average molecular weight is 389 g/mol. The molecule has 0 spiro atoms. The molecule has 3 amide bonds. The molecular weight excluding hydrogens is 356 g/mol. The van der Waals surface area contributed by atoms with Gasteiger partial charge in [0.1, 0.15) is 5.75 Å². The van der Waals surface area contributed by atoms with E-state index in [2.05, 4.69) is 22.3 Å². The zero-order valence-corrected chi connectivity index (χ0v) is 17.0. The lowest BCUT2D eigenvalue weighted by atomic mass is 10.2. The molecule has 2 fully saturated rings. The van der Waals surface area contributed by atoms with Crippen LogP contribution < -0.4 is 10.1 Å². The van der Waals surface area contributed by atoms with E-state index in [1.165, 1.54) is 5.56 Å². The van der Waals surface area contributed by atoms with Crippen LogP contribution >= 0.6 is 0 Å². The van der Waals surface area contributed by atoms with E-state index in [4.69, 9.17) is 4.74 Å². The number of methoxy groups -OCH3 is 1. The molecule has 154 valence electrons. The molecule has 1 aromatic carbocycles. The topological polar surface area (TPSA) is 65.1 Å². The third kappa shape index (κ3) is 5.38. The van der Waals surface area contributed by atoms with E-state index in [9.17, 15) is 9.59 Å². The summed E-state index contributed by atoms with van der Waals surface area (Å²) in [5, 5.41) is 3.12. The number of carbonyl (C=O) groups is 2. The maximum Gasteiger partial charge on any atom is 0.317 e. The highest BCUT2D eigenvalue weighted by molar-refractivity contribution is 5.77. The van der Waals surface area contributed by atoms with Crippen LogP contribution in [0.5, 0.6) is 5.75 Å². The monoisotopic (exact) mass is 388 g/mol. The zero-order chi connectivity index (χ0) is 19.9. The second kappa shape index (κ2) is 9.78. The fourth-order valence-corrected chi connectivity index (χ4v) is 3.92. The predicted octanol–water partition coefficient (Wildman–Crippen LogP) is 1.92. The van der Waals surface area contributed by atoms with Crippen molar-refractivity contribution in [3.63, 3.8) is 0 Å². The number of hydrogen-bond acceptors (Lipinski definition) is 4. The highest BCUT2D eigenvalue weighted by Crippen LogP contribution is 2.15. The maximum absolute atomic E-state index is 12.7. The van der Waals surface area contributed by atoms with Crippen LogP contribution in [-0.4, -0.2) is 79.1 Å². The first kappa shape index (κ1) is 20.5. The van der Waals surface area contributed by atoms with Gasteiger partial charge >= 0.3 is 6.03 Å². The fraction of sp³-hybridized carbons (Fsp3) is 0.619. The number of hydrogen-bond donors (Lipinski definition) is 1. The lowest BCUT2D eigenvalue weighted by Crippen LogP contribution is -2.47. The van der Waals surface area contributed by atoms with Crippen LogP contribution in [0.1, 0.15) is 31.7 Å². The molecule has 1 unspecified atom stereocenters. The minimum absolute atomic E-state index is 0.00194. The number of likely N-dealkylation sites (tertiary alicyclic amines) is 1. The number of nitrogens with zero attached hydrogens (tertiary/aromatic N) is 3. The molecule has 3 rings (SSSR count). The first-order valence-corrected chi connectivity index (χ1v) is 10.3. The fourth-order valence-electron chi connectivity index (χ4n) is 3.92. The Balaban J connectivity index is 1.45. The molecule has 7 heteroatoms. The largest absolute Gasteiger partial charge is 0.497 e. The van der Waals surface area contributed by atoms with Gasteiger partial charge in [-0.15, -0.1) is 0 Å². The van der Waals surface area contributed by atoms with Gasteiger partial charge in [-0.3, -0.25) is 9.69 Å². The summed E-state index contributed by atoms with van der Waals surface area (Å²) in [5.74, 6) is 1.04. The summed E-state index contributed by atoms with van der Waals surface area (Å²) in [7, 11) is 1.67. The highest BCUT2D eigenvalue weighted by Gasteiger charge is 2.28. The molecule has 2 saturated heterocycles. The van der Waals surface area contributed by atoms with Crippen LogP contribution in [0.15, 0.2) is 24.3 Å². The summed E-state index contributed by atoms with van der Waals surface area (Å²) in [6.45, 7) is 7.49. The summed E-state index contributed by atoms with van der Waals surface area (Å²) >= 11 is 0. The van der Waals surface area contributed by atoms with E-state index < -0.39 is 0 Å². The molecule has 0 bridgehead atoms. The van der Waals surface area contributed by atoms with Gasteiger partial charge in [0.15, 0.2) is 0 Å². The molecule has 0 radical (unpaired) electrons. The molecule has 1 atom stereocenters. The third-order valence-corrected chi connectivity index (χ3v) is 5.61. The van der Waals surface area contributed by atoms with E-state index in [0.717, 1.165) is 57.9 Å². The molecule has 0 saturated carbocycles. The lowest BCUT2D eigenvalue weighted by molar-refractivity contribution is -0.129. The minimum Gasteiger partial charge on any atom is -0.497 e. The second-order valence-electron chi connectivity index (χ2n) is 7.59. The van der Waals surface area contributed by atoms with E-state index in [1.54, 1.807) is 7.11 Å². The number of urea groups is 1. The Morgan fingerprint density at radius 3 is 2.57 bits per heavy atom. The van der Waals surface area contributed by atoms with Gasteiger partial charge in [-0.1, -0.05) is 19.1 Å². The lowest BCUT2D eigenvalue weighted by Gasteiger charge is -2.24. The van der Waals surface area contributed by atoms with Crippen molar-refractivity contribution in [2.75, 3.05) is 46.4 Å². The molecule has 2 heterocycles. The molecular formula is C21H32N4O3. The van der Waals surface area contributed by atoms with E-state index in [0.29, 0.717) is 13.0 Å². The standard InChI is InChI=1S/C21H32N4O3/c1-3-20(26)25-12-9-18(16-25)22-21(27)24-11-4-10-23(13-14-24)15-17-5-7-19(28-2)8-6-17/h5-8,18H,3-4,9-16H2,1-2H3,(H,22,27). The van der Waals surface area contributed by atoms with Gasteiger partial charge in [-0.05, 0) is 30.5 Å². The Kier molecular flexibility index (Phi) is 7.14. The predicted molar refractivity (Wildman–Crippen MR) is 108 cm³/mol. The van der Waals surface area contributed by atoms with Gasteiger partial charge in [0.2, 0.25) is 5.91 Å². The zero-order valence-electron chi connectivity index (χ0n) is 17.0. The maximum atomic E-state index is 12.7. The smallest absolute Gasteiger partial charge is 0.317 e. The van der Waals surface area contributed by atoms with Gasteiger partial charge in [0, 0.05) is 58.3 Å². The SMILES string of the molecule is CCC(=O)N1CCC(NC(=O)N2CCCN(Cc3ccc(OC)cc3)CC2)C1. The van der Waals surface area contributed by atoms with E-state index >= 15 is 0 Å². The molecule has 28 heavy (non-hydrogen) atoms. The van der Waals surface area contributed by atoms with Crippen molar-refractivity contribution in [2.24, 2.45) is 0 Å². The number of carbonyl (C=O) groups excluding carboxylic acids is 2. The quantitative estimate of drug-likeness (QED) is 0.837. The molecule has 1 aromatic rings. The number of ether oxygens (including phenoxy) is 1. The third-order valence-electron chi connectivity index (χ3n) is 5.61. The first-order chi connectivity index (χ1) is 13.6. The van der Waals surface area contributed by atoms with Crippen LogP contribution in [0.25, 0.3) is 0 Å². The second-order valence-corrected chi connectivity index (χ2v) is 7.59. The van der Waals surface area contributed by atoms with Crippen LogP contribution in [0.2, 0.25) is 0 Å². The van der Waals surface area contributed by atoms with Crippen LogP contribution in [-0.2, 0) is 11.3 Å². The van der Waals surface area contributed by atoms with Gasteiger partial charge < -0.3 is 19.9 Å². The van der Waals surface area contributed by atoms with Crippen LogP contribution in [0.4, 0.5) is 4.79 Å². The summed E-state index contributed by atoms with van der Waals surface area (Å²) in [5.41, 5.74) is 1.25. The summed E-state index contributed by atoms with van der Waals surface area (Å²) < 4.78 is 5.21. The number of nitrogens with one attached hydrogen (secondary N) is 1. The molecule has 2 aliphatic heterocycles. The Morgan fingerprint density at radius 2 is 1.86 bits per heavy atom. The minimum atomic E-state index is 0.00194. The summed E-state index contributed by atoms with van der Waals surface area (Å²) in [6, 6.07) is 8.24. The van der Waals surface area contributed by atoms with Crippen LogP contribution in [0.3, 0.4) is 0 Å². The van der Waals surface area contributed by atoms with Gasteiger partial charge in [0.05, 0.1) is 7.11 Å². The van der Waals surface area contributed by atoms with Gasteiger partial charge in [0.25, 0.3) is 0 Å². The first-order valence-electron chi connectivity index (χ1n) is 10.3. The highest BCUT2D eigenvalue weighted by atomic mass is 16.5. The number of rotatable bonds is 5. The molecule has 2 aliphatic rings. The van der Waals surface area contributed by atoms with Gasteiger partial charge in [-0.2, -0.15) is 0 Å². The summed E-state index contributed by atoms with van der Waals surface area (Å²) in [6.07, 6.45) is 2.33. The van der Waals surface area contributed by atoms with Crippen molar-refractivity contribution in [3.05, 3.63) is 29.8 Å². The number of amides is 3. The summed E-state index contributed by atoms with van der Waals surface area (Å²) in [4.78, 5) is 30.6. The molecule has 1 N–H and O–H groups in total.